The topological polar surface area (TPSA) is 34.1 Å². The summed E-state index contributed by atoms with van der Waals surface area (Å²) in [6.45, 7) is -0.685. The summed E-state index contributed by atoms with van der Waals surface area (Å²) >= 11 is 1.60. The molecular formula is C12H11F3N2OS. The molecule has 1 N–H and O–H groups in total. The first-order valence-electron chi connectivity index (χ1n) is 5.43. The van der Waals surface area contributed by atoms with Crippen molar-refractivity contribution < 1.29 is 17.9 Å². The number of thiophene rings is 1. The Balaban J connectivity index is 1.84. The lowest BCUT2D eigenvalue weighted by Gasteiger charge is -2.09. The van der Waals surface area contributed by atoms with Gasteiger partial charge in [0.15, 0.2) is 6.61 Å². The van der Waals surface area contributed by atoms with Crippen LogP contribution < -0.4 is 10.1 Å². The number of pyridine rings is 1. The molecule has 0 saturated heterocycles. The van der Waals surface area contributed by atoms with Crippen LogP contribution in [0.4, 0.5) is 18.9 Å². The van der Waals surface area contributed by atoms with E-state index in [0.717, 1.165) is 11.3 Å². The molecule has 0 aliphatic carbocycles. The van der Waals surface area contributed by atoms with Crippen LogP contribution in [0.15, 0.2) is 35.2 Å². The monoisotopic (exact) mass is 288 g/mol. The third-order valence-corrected chi connectivity index (χ3v) is 2.93. The molecule has 0 unspecified atom stereocenters. The molecule has 19 heavy (non-hydrogen) atoms. The van der Waals surface area contributed by atoms with Crippen molar-refractivity contribution in [2.24, 2.45) is 0 Å². The molecule has 2 heterocycles. The van der Waals surface area contributed by atoms with Gasteiger partial charge in [0.2, 0.25) is 5.88 Å². The van der Waals surface area contributed by atoms with Crippen LogP contribution in [0.1, 0.15) is 5.56 Å². The Kier molecular flexibility index (Phi) is 4.26. The predicted molar refractivity (Wildman–Crippen MR) is 67.4 cm³/mol. The maximum Gasteiger partial charge on any atom is 0.422 e. The largest absolute Gasteiger partial charge is 0.468 e. The predicted octanol–water partition coefficient (Wildman–Crippen LogP) is 3.70. The van der Waals surface area contributed by atoms with Gasteiger partial charge in [-0.3, -0.25) is 0 Å². The normalized spacial score (nSPS) is 11.3. The summed E-state index contributed by atoms with van der Waals surface area (Å²) in [4.78, 5) is 3.80. The number of hydrogen-bond donors (Lipinski definition) is 1. The van der Waals surface area contributed by atoms with E-state index in [1.54, 1.807) is 17.4 Å². The van der Waals surface area contributed by atoms with Crippen molar-refractivity contribution in [2.45, 2.75) is 12.7 Å². The highest BCUT2D eigenvalue weighted by molar-refractivity contribution is 7.07. The molecule has 0 radical (unpaired) electrons. The number of rotatable bonds is 5. The van der Waals surface area contributed by atoms with E-state index in [0.29, 0.717) is 6.54 Å². The average molecular weight is 288 g/mol. The van der Waals surface area contributed by atoms with E-state index < -0.39 is 12.8 Å². The Hall–Kier alpha value is -1.76. The van der Waals surface area contributed by atoms with E-state index in [1.807, 2.05) is 16.8 Å². The van der Waals surface area contributed by atoms with Gasteiger partial charge in [-0.15, -0.1) is 0 Å². The summed E-state index contributed by atoms with van der Waals surface area (Å²) in [7, 11) is 0. The van der Waals surface area contributed by atoms with E-state index in [9.17, 15) is 13.2 Å². The van der Waals surface area contributed by atoms with Gasteiger partial charge in [-0.25, -0.2) is 4.98 Å². The Morgan fingerprint density at radius 2 is 2.11 bits per heavy atom. The second-order valence-corrected chi connectivity index (χ2v) is 4.55. The molecular weight excluding hydrogens is 277 g/mol. The molecule has 3 nitrogen and oxygen atoms in total. The fourth-order valence-corrected chi connectivity index (χ4v) is 1.99. The molecule has 2 aromatic rings. The van der Waals surface area contributed by atoms with E-state index in [1.165, 1.54) is 12.3 Å². The Morgan fingerprint density at radius 1 is 1.26 bits per heavy atom. The second kappa shape index (κ2) is 5.92. The van der Waals surface area contributed by atoms with Gasteiger partial charge in [-0.2, -0.15) is 24.5 Å². The molecule has 0 aromatic carbocycles. The maximum absolute atomic E-state index is 11.9. The lowest BCUT2D eigenvalue weighted by molar-refractivity contribution is -0.154. The van der Waals surface area contributed by atoms with Crippen LogP contribution >= 0.6 is 11.3 Å². The minimum atomic E-state index is -4.35. The van der Waals surface area contributed by atoms with Crippen LogP contribution in [-0.2, 0) is 6.54 Å². The van der Waals surface area contributed by atoms with Gasteiger partial charge in [-0.05, 0) is 28.5 Å². The SMILES string of the molecule is FC(F)(F)COc1ccc(NCc2ccsc2)cn1. The lowest BCUT2D eigenvalue weighted by atomic mass is 10.3. The fraction of sp³-hybridized carbons (Fsp3) is 0.250. The van der Waals surface area contributed by atoms with Crippen molar-refractivity contribution in [2.75, 3.05) is 11.9 Å². The summed E-state index contributed by atoms with van der Waals surface area (Å²) in [5.74, 6) is -0.0431. The first-order valence-corrected chi connectivity index (χ1v) is 6.38. The molecule has 0 atom stereocenters. The van der Waals surface area contributed by atoms with E-state index in [-0.39, 0.29) is 5.88 Å². The summed E-state index contributed by atoms with van der Waals surface area (Å²) in [6.07, 6.45) is -2.91. The van der Waals surface area contributed by atoms with Gasteiger partial charge in [0.05, 0.1) is 11.9 Å². The van der Waals surface area contributed by atoms with Crippen molar-refractivity contribution in [3.8, 4) is 5.88 Å². The Labute approximate surface area is 112 Å². The smallest absolute Gasteiger partial charge is 0.422 e. The number of nitrogens with one attached hydrogen (secondary N) is 1. The van der Waals surface area contributed by atoms with Crippen LogP contribution in [0.2, 0.25) is 0 Å². The number of alkyl halides is 3. The van der Waals surface area contributed by atoms with Gasteiger partial charge < -0.3 is 10.1 Å². The zero-order valence-electron chi connectivity index (χ0n) is 9.78. The first-order chi connectivity index (χ1) is 9.03. The van der Waals surface area contributed by atoms with Crippen LogP contribution in [0, 0.1) is 0 Å². The minimum absolute atomic E-state index is 0.0431. The van der Waals surface area contributed by atoms with E-state index in [4.69, 9.17) is 0 Å². The molecule has 2 rings (SSSR count). The summed E-state index contributed by atoms with van der Waals surface area (Å²) in [5, 5.41) is 7.10. The lowest BCUT2D eigenvalue weighted by Crippen LogP contribution is -2.19. The standard InChI is InChI=1S/C12H11F3N2OS/c13-12(14,15)8-18-11-2-1-10(6-17-11)16-5-9-3-4-19-7-9/h1-4,6-7,16H,5,8H2. The molecule has 0 bridgehead atoms. The first kappa shape index (κ1) is 13.7. The highest BCUT2D eigenvalue weighted by Gasteiger charge is 2.28. The average Bonchev–Trinajstić information content (AvgIpc) is 2.87. The minimum Gasteiger partial charge on any atom is -0.468 e. The van der Waals surface area contributed by atoms with Crippen molar-refractivity contribution in [1.82, 2.24) is 4.98 Å². The molecule has 7 heteroatoms. The van der Waals surface area contributed by atoms with E-state index >= 15 is 0 Å². The number of ether oxygens (including phenoxy) is 1. The second-order valence-electron chi connectivity index (χ2n) is 3.77. The Morgan fingerprint density at radius 3 is 2.68 bits per heavy atom. The molecule has 0 aliphatic heterocycles. The summed E-state index contributed by atoms with van der Waals surface area (Å²) in [6, 6.07) is 5.03. The molecule has 0 saturated carbocycles. The van der Waals surface area contributed by atoms with Crippen molar-refractivity contribution in [3.63, 3.8) is 0 Å². The van der Waals surface area contributed by atoms with Crippen LogP contribution in [-0.4, -0.2) is 17.8 Å². The zero-order valence-corrected chi connectivity index (χ0v) is 10.6. The van der Waals surface area contributed by atoms with Gasteiger partial charge in [0.25, 0.3) is 0 Å². The van der Waals surface area contributed by atoms with Crippen LogP contribution in [0.25, 0.3) is 0 Å². The molecule has 0 fully saturated rings. The number of aromatic nitrogens is 1. The van der Waals surface area contributed by atoms with Crippen LogP contribution in [0.3, 0.4) is 0 Å². The summed E-state index contributed by atoms with van der Waals surface area (Å²) < 4.78 is 40.3. The van der Waals surface area contributed by atoms with Gasteiger partial charge >= 0.3 is 6.18 Å². The molecule has 102 valence electrons. The highest BCUT2D eigenvalue weighted by atomic mass is 32.1. The number of hydrogen-bond acceptors (Lipinski definition) is 4. The van der Waals surface area contributed by atoms with Gasteiger partial charge in [-0.1, -0.05) is 0 Å². The Bertz CT molecular complexity index is 497. The number of nitrogens with zero attached hydrogens (tertiary/aromatic N) is 1. The molecule has 0 amide bonds. The maximum atomic E-state index is 11.9. The molecule has 0 spiro atoms. The number of anilines is 1. The van der Waals surface area contributed by atoms with Crippen molar-refractivity contribution in [1.29, 1.82) is 0 Å². The van der Waals surface area contributed by atoms with Crippen molar-refractivity contribution >= 4 is 17.0 Å². The number of halogens is 3. The third kappa shape index (κ3) is 4.78. The summed E-state index contributed by atoms with van der Waals surface area (Å²) in [5.41, 5.74) is 1.87. The fourth-order valence-electron chi connectivity index (χ4n) is 1.32. The zero-order chi connectivity index (χ0) is 13.7. The van der Waals surface area contributed by atoms with Crippen LogP contribution in [0.5, 0.6) is 5.88 Å². The van der Waals surface area contributed by atoms with Crippen molar-refractivity contribution in [3.05, 3.63) is 40.7 Å². The molecule has 0 aliphatic rings. The van der Waals surface area contributed by atoms with Gasteiger partial charge in [0.1, 0.15) is 0 Å². The van der Waals surface area contributed by atoms with E-state index in [2.05, 4.69) is 15.0 Å². The third-order valence-electron chi connectivity index (χ3n) is 2.20. The quantitative estimate of drug-likeness (QED) is 0.911. The van der Waals surface area contributed by atoms with Gasteiger partial charge in [0, 0.05) is 12.6 Å². The highest BCUT2D eigenvalue weighted by Crippen LogP contribution is 2.18. The molecule has 2 aromatic heterocycles.